The van der Waals surface area contributed by atoms with E-state index in [4.69, 9.17) is 0 Å². The zero-order chi connectivity index (χ0) is 15.5. The molecule has 0 radical (unpaired) electrons. The highest BCUT2D eigenvalue weighted by molar-refractivity contribution is 7.99. The lowest BCUT2D eigenvalue weighted by Crippen LogP contribution is -2.58. The van der Waals surface area contributed by atoms with E-state index in [9.17, 15) is 9.59 Å². The Kier molecular flexibility index (Phi) is 5.58. The normalized spacial score (nSPS) is 30.0. The van der Waals surface area contributed by atoms with Crippen molar-refractivity contribution in [1.29, 1.82) is 0 Å². The first-order chi connectivity index (χ1) is 10.1. The van der Waals surface area contributed by atoms with E-state index in [0.29, 0.717) is 31.8 Å². The van der Waals surface area contributed by atoms with Crippen molar-refractivity contribution in [3.8, 4) is 0 Å². The number of carbonyl (C=O) groups excluding carboxylic acids is 2. The molecule has 1 saturated carbocycles. The molecule has 4 nitrogen and oxygen atoms in total. The van der Waals surface area contributed by atoms with Gasteiger partial charge in [-0.15, -0.1) is 0 Å². The largest absolute Gasteiger partial charge is 0.342 e. The van der Waals surface area contributed by atoms with Crippen molar-refractivity contribution in [1.82, 2.24) is 10.2 Å². The average molecular weight is 312 g/mol. The number of thioether (sulfide) groups is 1. The second-order valence-electron chi connectivity index (χ2n) is 6.25. The summed E-state index contributed by atoms with van der Waals surface area (Å²) in [5.41, 5.74) is -0.677. The van der Waals surface area contributed by atoms with E-state index in [2.05, 4.69) is 11.6 Å². The van der Waals surface area contributed by atoms with Gasteiger partial charge >= 0.3 is 0 Å². The molecule has 0 atom stereocenters. The third-order valence-corrected chi connectivity index (χ3v) is 6.39. The third-order valence-electron chi connectivity index (χ3n) is 5.25. The van der Waals surface area contributed by atoms with Gasteiger partial charge in [0.1, 0.15) is 5.54 Å². The van der Waals surface area contributed by atoms with Crippen LogP contribution in [0.25, 0.3) is 0 Å². The molecule has 2 fully saturated rings. The summed E-state index contributed by atoms with van der Waals surface area (Å²) in [5, 5.41) is 3.74. The maximum absolute atomic E-state index is 13.0. The highest BCUT2D eigenvalue weighted by atomic mass is 32.2. The number of nitrogens with one attached hydrogen (secondary N) is 1. The third kappa shape index (κ3) is 3.38. The molecule has 1 saturated heterocycles. The van der Waals surface area contributed by atoms with Gasteiger partial charge in [-0.05, 0) is 44.8 Å². The van der Waals surface area contributed by atoms with Crippen LogP contribution in [0.5, 0.6) is 0 Å². The minimum absolute atomic E-state index is 0.0207. The van der Waals surface area contributed by atoms with Crippen LogP contribution in [0, 0.1) is 0 Å². The highest BCUT2D eigenvalue weighted by Crippen LogP contribution is 2.32. The minimum atomic E-state index is -0.677. The molecular formula is C16H28N2O2S. The van der Waals surface area contributed by atoms with Crippen LogP contribution >= 0.6 is 11.8 Å². The number of amides is 2. The van der Waals surface area contributed by atoms with Crippen LogP contribution in [0.4, 0.5) is 0 Å². The first-order valence-corrected chi connectivity index (χ1v) is 9.50. The fraction of sp³-hybridized carbons (Fsp3) is 0.875. The summed E-state index contributed by atoms with van der Waals surface area (Å²) in [4.78, 5) is 27.0. The molecule has 1 aliphatic heterocycles. The van der Waals surface area contributed by atoms with E-state index in [1.807, 2.05) is 30.5 Å². The fourth-order valence-electron chi connectivity index (χ4n) is 3.65. The van der Waals surface area contributed by atoms with Crippen LogP contribution in [-0.2, 0) is 9.59 Å². The fourth-order valence-corrected chi connectivity index (χ4v) is 4.40. The van der Waals surface area contributed by atoms with Crippen molar-refractivity contribution in [2.24, 2.45) is 0 Å². The van der Waals surface area contributed by atoms with Crippen molar-refractivity contribution in [2.45, 2.75) is 75.6 Å². The van der Waals surface area contributed by atoms with Crippen LogP contribution in [0.15, 0.2) is 0 Å². The molecule has 0 aromatic rings. The Balaban J connectivity index is 2.15. The average Bonchev–Trinajstić information content (AvgIpc) is 2.65. The van der Waals surface area contributed by atoms with Gasteiger partial charge in [0.2, 0.25) is 11.8 Å². The second kappa shape index (κ2) is 7.03. The molecule has 21 heavy (non-hydrogen) atoms. The lowest BCUT2D eigenvalue weighted by atomic mass is 9.88. The molecule has 1 N–H and O–H groups in total. The standard InChI is InChI=1S/C16H28N2O2S/c1-4-16(5-2)15(20)18(11-10-14(19)17-16)12-6-8-13(21-3)9-7-12/h12-13H,4-11H2,1-3H3,(H,17,19). The molecule has 1 heterocycles. The van der Waals surface area contributed by atoms with Crippen molar-refractivity contribution >= 4 is 23.6 Å². The number of hydrogen-bond donors (Lipinski definition) is 1. The molecule has 0 aromatic heterocycles. The van der Waals surface area contributed by atoms with Gasteiger partial charge in [0.15, 0.2) is 0 Å². The quantitative estimate of drug-likeness (QED) is 0.868. The summed E-state index contributed by atoms with van der Waals surface area (Å²) in [7, 11) is 0. The Hall–Kier alpha value is -0.710. The molecular weight excluding hydrogens is 284 g/mol. The van der Waals surface area contributed by atoms with Crippen molar-refractivity contribution in [2.75, 3.05) is 12.8 Å². The second-order valence-corrected chi connectivity index (χ2v) is 7.39. The number of nitrogens with zero attached hydrogens (tertiary/aromatic N) is 1. The number of carbonyl (C=O) groups is 2. The van der Waals surface area contributed by atoms with Crippen LogP contribution in [-0.4, -0.2) is 46.3 Å². The highest BCUT2D eigenvalue weighted by Gasteiger charge is 2.44. The predicted octanol–water partition coefficient (Wildman–Crippen LogP) is 2.57. The van der Waals surface area contributed by atoms with Gasteiger partial charge in [0, 0.05) is 24.3 Å². The summed E-state index contributed by atoms with van der Waals surface area (Å²) in [6, 6.07) is 0.325. The molecule has 2 aliphatic rings. The maximum atomic E-state index is 13.0. The van der Waals surface area contributed by atoms with Crippen molar-refractivity contribution in [3.05, 3.63) is 0 Å². The Bertz CT molecular complexity index is 388. The van der Waals surface area contributed by atoms with E-state index < -0.39 is 5.54 Å². The SMILES string of the molecule is CCC1(CC)NC(=O)CCN(C2CCC(SC)CC2)C1=O. The van der Waals surface area contributed by atoms with Crippen LogP contribution in [0.3, 0.4) is 0 Å². The Morgan fingerprint density at radius 1 is 1.19 bits per heavy atom. The summed E-state index contributed by atoms with van der Waals surface area (Å²) in [5.74, 6) is 0.165. The van der Waals surface area contributed by atoms with Crippen LogP contribution in [0.1, 0.15) is 58.8 Å². The molecule has 2 amide bonds. The molecule has 0 bridgehead atoms. The first-order valence-electron chi connectivity index (χ1n) is 8.21. The van der Waals surface area contributed by atoms with E-state index in [-0.39, 0.29) is 11.8 Å². The Morgan fingerprint density at radius 2 is 1.81 bits per heavy atom. The van der Waals surface area contributed by atoms with Gasteiger partial charge in [-0.3, -0.25) is 9.59 Å². The molecule has 0 spiro atoms. The van der Waals surface area contributed by atoms with Crippen molar-refractivity contribution < 1.29 is 9.59 Å². The summed E-state index contributed by atoms with van der Waals surface area (Å²) < 4.78 is 0. The number of hydrogen-bond acceptors (Lipinski definition) is 3. The zero-order valence-electron chi connectivity index (χ0n) is 13.5. The molecule has 2 rings (SSSR count). The van der Waals surface area contributed by atoms with Crippen LogP contribution < -0.4 is 5.32 Å². The Labute approximate surface area is 132 Å². The van der Waals surface area contributed by atoms with Gasteiger partial charge in [-0.2, -0.15) is 11.8 Å². The minimum Gasteiger partial charge on any atom is -0.342 e. The molecule has 0 unspecified atom stereocenters. The Morgan fingerprint density at radius 3 is 2.33 bits per heavy atom. The molecule has 120 valence electrons. The van der Waals surface area contributed by atoms with E-state index in [1.54, 1.807) is 0 Å². The van der Waals surface area contributed by atoms with E-state index >= 15 is 0 Å². The monoisotopic (exact) mass is 312 g/mol. The first kappa shape index (κ1) is 16.7. The summed E-state index contributed by atoms with van der Waals surface area (Å²) >= 11 is 1.94. The lowest BCUT2D eigenvalue weighted by Gasteiger charge is -2.40. The molecule has 1 aliphatic carbocycles. The topological polar surface area (TPSA) is 49.4 Å². The van der Waals surface area contributed by atoms with Gasteiger partial charge in [0.25, 0.3) is 0 Å². The number of rotatable bonds is 4. The smallest absolute Gasteiger partial charge is 0.248 e. The summed E-state index contributed by atoms with van der Waals surface area (Å²) in [6.45, 7) is 4.58. The lowest BCUT2D eigenvalue weighted by molar-refractivity contribution is -0.141. The van der Waals surface area contributed by atoms with E-state index in [0.717, 1.165) is 18.1 Å². The van der Waals surface area contributed by atoms with E-state index in [1.165, 1.54) is 12.8 Å². The zero-order valence-corrected chi connectivity index (χ0v) is 14.3. The van der Waals surface area contributed by atoms with Crippen molar-refractivity contribution in [3.63, 3.8) is 0 Å². The van der Waals surface area contributed by atoms with Crippen LogP contribution in [0.2, 0.25) is 0 Å². The van der Waals surface area contributed by atoms with Gasteiger partial charge in [-0.25, -0.2) is 0 Å². The molecule has 5 heteroatoms. The van der Waals surface area contributed by atoms with Gasteiger partial charge < -0.3 is 10.2 Å². The summed E-state index contributed by atoms with van der Waals surface area (Å²) in [6.07, 6.45) is 8.48. The molecule has 0 aromatic carbocycles. The van der Waals surface area contributed by atoms with Gasteiger partial charge in [-0.1, -0.05) is 13.8 Å². The maximum Gasteiger partial charge on any atom is 0.248 e. The van der Waals surface area contributed by atoms with Gasteiger partial charge in [0.05, 0.1) is 0 Å². The predicted molar refractivity (Wildman–Crippen MR) is 87.3 cm³/mol.